The van der Waals surface area contributed by atoms with Gasteiger partial charge in [-0.15, -0.1) is 0 Å². The molecular formula is C10H12F2N2. The summed E-state index contributed by atoms with van der Waals surface area (Å²) in [4.78, 5) is 0. The molecule has 1 saturated heterocycles. The van der Waals surface area contributed by atoms with Crippen LogP contribution in [0.2, 0.25) is 0 Å². The van der Waals surface area contributed by atoms with Crippen molar-refractivity contribution in [3.63, 3.8) is 0 Å². The van der Waals surface area contributed by atoms with E-state index in [2.05, 4.69) is 10.6 Å². The van der Waals surface area contributed by atoms with Crippen molar-refractivity contribution in [3.05, 3.63) is 29.3 Å². The summed E-state index contributed by atoms with van der Waals surface area (Å²) in [6.45, 7) is 3.14. The lowest BCUT2D eigenvalue weighted by molar-refractivity contribution is 0.465. The Balaban J connectivity index is 2.25. The first-order valence-corrected chi connectivity index (χ1v) is 4.60. The van der Waals surface area contributed by atoms with E-state index in [9.17, 15) is 8.78 Å². The Morgan fingerprint density at radius 2 is 2.07 bits per heavy atom. The van der Waals surface area contributed by atoms with Crippen molar-refractivity contribution in [2.75, 3.05) is 18.4 Å². The molecule has 2 rings (SSSR count). The molecule has 1 aliphatic heterocycles. The Morgan fingerprint density at radius 3 is 2.64 bits per heavy atom. The van der Waals surface area contributed by atoms with Crippen LogP contribution in [0.5, 0.6) is 0 Å². The molecule has 1 fully saturated rings. The number of hydrogen-bond acceptors (Lipinski definition) is 2. The first-order valence-electron chi connectivity index (χ1n) is 4.60. The molecule has 14 heavy (non-hydrogen) atoms. The highest BCUT2D eigenvalue weighted by atomic mass is 19.1. The number of nitrogens with one attached hydrogen (secondary N) is 2. The SMILES string of the molecule is Cc1ccc(F)c(NC2CNC2)c1F. The number of halogens is 2. The fourth-order valence-corrected chi connectivity index (χ4v) is 1.38. The molecule has 2 nitrogen and oxygen atoms in total. The summed E-state index contributed by atoms with van der Waals surface area (Å²) in [5, 5.41) is 5.87. The molecule has 2 N–H and O–H groups in total. The van der Waals surface area contributed by atoms with Crippen LogP contribution in [0, 0.1) is 18.6 Å². The zero-order valence-electron chi connectivity index (χ0n) is 7.90. The number of hydrogen-bond donors (Lipinski definition) is 2. The number of rotatable bonds is 2. The lowest BCUT2D eigenvalue weighted by atomic mass is 10.1. The Bertz CT molecular complexity index is 348. The van der Waals surface area contributed by atoms with Gasteiger partial charge in [0.1, 0.15) is 11.5 Å². The summed E-state index contributed by atoms with van der Waals surface area (Å²) in [6.07, 6.45) is 0. The highest BCUT2D eigenvalue weighted by Crippen LogP contribution is 2.22. The quantitative estimate of drug-likeness (QED) is 0.755. The van der Waals surface area contributed by atoms with Crippen molar-refractivity contribution < 1.29 is 8.78 Å². The minimum absolute atomic E-state index is 0.00324. The van der Waals surface area contributed by atoms with Crippen LogP contribution in [0.4, 0.5) is 14.5 Å². The fraction of sp³-hybridized carbons (Fsp3) is 0.400. The summed E-state index contributed by atoms with van der Waals surface area (Å²) in [5.41, 5.74) is 0.456. The molecule has 0 aromatic heterocycles. The molecule has 1 heterocycles. The van der Waals surface area contributed by atoms with Gasteiger partial charge in [-0.3, -0.25) is 0 Å². The maximum Gasteiger partial charge on any atom is 0.152 e. The molecule has 1 aromatic carbocycles. The molecule has 0 amide bonds. The van der Waals surface area contributed by atoms with Gasteiger partial charge in [-0.05, 0) is 18.6 Å². The van der Waals surface area contributed by atoms with Crippen molar-refractivity contribution in [2.24, 2.45) is 0 Å². The maximum absolute atomic E-state index is 13.5. The molecule has 1 aromatic rings. The van der Waals surface area contributed by atoms with Crippen LogP contribution in [0.25, 0.3) is 0 Å². The molecule has 1 aliphatic rings. The molecule has 0 saturated carbocycles. The Kier molecular flexibility index (Phi) is 2.37. The summed E-state index contributed by atoms with van der Waals surface area (Å²) in [6, 6.07) is 2.86. The minimum Gasteiger partial charge on any atom is -0.375 e. The second-order valence-corrected chi connectivity index (χ2v) is 3.55. The van der Waals surface area contributed by atoms with Crippen molar-refractivity contribution in [1.82, 2.24) is 5.32 Å². The normalized spacial score (nSPS) is 16.5. The van der Waals surface area contributed by atoms with E-state index in [4.69, 9.17) is 0 Å². The van der Waals surface area contributed by atoms with E-state index in [1.165, 1.54) is 12.1 Å². The van der Waals surface area contributed by atoms with Crippen LogP contribution >= 0.6 is 0 Å². The minimum atomic E-state index is -0.528. The molecule has 4 heteroatoms. The third-order valence-electron chi connectivity index (χ3n) is 2.41. The second kappa shape index (κ2) is 3.53. The van der Waals surface area contributed by atoms with Gasteiger partial charge in [0.15, 0.2) is 5.82 Å². The van der Waals surface area contributed by atoms with Crippen LogP contribution in [0.3, 0.4) is 0 Å². The number of benzene rings is 1. The van der Waals surface area contributed by atoms with Crippen molar-refractivity contribution in [3.8, 4) is 0 Å². The first-order chi connectivity index (χ1) is 6.68. The molecule has 0 atom stereocenters. The predicted molar refractivity (Wildman–Crippen MR) is 51.4 cm³/mol. The summed E-state index contributed by atoms with van der Waals surface area (Å²) in [5.74, 6) is -1.02. The lowest BCUT2D eigenvalue weighted by Crippen LogP contribution is -2.51. The standard InChI is InChI=1S/C10H12F2N2/c1-6-2-3-8(11)10(9(6)12)14-7-4-13-5-7/h2-3,7,13-14H,4-5H2,1H3. The average molecular weight is 198 g/mol. The third-order valence-corrected chi connectivity index (χ3v) is 2.41. The van der Waals surface area contributed by atoms with E-state index in [1.54, 1.807) is 6.92 Å². The predicted octanol–water partition coefficient (Wildman–Crippen LogP) is 1.66. The van der Waals surface area contributed by atoms with Crippen LogP contribution in [-0.4, -0.2) is 19.1 Å². The van der Waals surface area contributed by atoms with Crippen molar-refractivity contribution >= 4 is 5.69 Å². The summed E-state index contributed by atoms with van der Waals surface area (Å²) >= 11 is 0. The molecule has 0 aliphatic carbocycles. The monoisotopic (exact) mass is 198 g/mol. The van der Waals surface area contributed by atoms with Gasteiger partial charge in [-0.25, -0.2) is 8.78 Å². The molecular weight excluding hydrogens is 186 g/mol. The zero-order valence-corrected chi connectivity index (χ0v) is 7.90. The molecule has 76 valence electrons. The van der Waals surface area contributed by atoms with E-state index in [0.717, 1.165) is 13.1 Å². The maximum atomic E-state index is 13.5. The molecule has 0 unspecified atom stereocenters. The van der Waals surface area contributed by atoms with Crippen molar-refractivity contribution in [2.45, 2.75) is 13.0 Å². The fourth-order valence-electron chi connectivity index (χ4n) is 1.38. The van der Waals surface area contributed by atoms with Gasteiger partial charge in [0.05, 0.1) is 6.04 Å². The topological polar surface area (TPSA) is 24.1 Å². The highest BCUT2D eigenvalue weighted by molar-refractivity contribution is 5.50. The highest BCUT2D eigenvalue weighted by Gasteiger charge is 2.20. The molecule has 0 radical (unpaired) electrons. The van der Waals surface area contributed by atoms with Crippen LogP contribution in [0.1, 0.15) is 5.56 Å². The van der Waals surface area contributed by atoms with Crippen LogP contribution < -0.4 is 10.6 Å². The molecule has 0 bridgehead atoms. The van der Waals surface area contributed by atoms with Gasteiger partial charge in [-0.1, -0.05) is 6.07 Å². The number of aryl methyl sites for hydroxylation is 1. The van der Waals surface area contributed by atoms with E-state index in [-0.39, 0.29) is 11.7 Å². The smallest absolute Gasteiger partial charge is 0.152 e. The Hall–Kier alpha value is -1.16. The van der Waals surface area contributed by atoms with Gasteiger partial charge in [-0.2, -0.15) is 0 Å². The van der Waals surface area contributed by atoms with E-state index in [1.807, 2.05) is 0 Å². The van der Waals surface area contributed by atoms with Crippen LogP contribution in [0.15, 0.2) is 12.1 Å². The third kappa shape index (κ3) is 1.57. The van der Waals surface area contributed by atoms with Gasteiger partial charge in [0.2, 0.25) is 0 Å². The lowest BCUT2D eigenvalue weighted by Gasteiger charge is -2.29. The van der Waals surface area contributed by atoms with Gasteiger partial charge in [0, 0.05) is 13.1 Å². The largest absolute Gasteiger partial charge is 0.375 e. The van der Waals surface area contributed by atoms with E-state index in [0.29, 0.717) is 5.56 Å². The summed E-state index contributed by atoms with van der Waals surface area (Å²) in [7, 11) is 0. The number of anilines is 1. The average Bonchev–Trinajstić information content (AvgIpc) is 2.09. The van der Waals surface area contributed by atoms with Gasteiger partial charge >= 0.3 is 0 Å². The first kappa shape index (κ1) is 9.40. The Morgan fingerprint density at radius 1 is 1.36 bits per heavy atom. The van der Waals surface area contributed by atoms with E-state index < -0.39 is 11.6 Å². The van der Waals surface area contributed by atoms with Crippen molar-refractivity contribution in [1.29, 1.82) is 0 Å². The van der Waals surface area contributed by atoms with Gasteiger partial charge < -0.3 is 10.6 Å². The zero-order chi connectivity index (χ0) is 10.1. The van der Waals surface area contributed by atoms with E-state index >= 15 is 0 Å². The van der Waals surface area contributed by atoms with Gasteiger partial charge in [0.25, 0.3) is 0 Å². The summed E-state index contributed by atoms with van der Waals surface area (Å²) < 4.78 is 26.7. The van der Waals surface area contributed by atoms with Crippen LogP contribution in [-0.2, 0) is 0 Å². The second-order valence-electron chi connectivity index (χ2n) is 3.55. The molecule has 0 spiro atoms. The Labute approximate surface area is 81.3 Å².